The van der Waals surface area contributed by atoms with E-state index in [1.165, 1.54) is 0 Å². The van der Waals surface area contributed by atoms with E-state index in [2.05, 4.69) is 5.32 Å². The number of nitrogens with zero attached hydrogens (tertiary/aromatic N) is 1. The van der Waals surface area contributed by atoms with E-state index in [0.29, 0.717) is 31.9 Å². The highest BCUT2D eigenvalue weighted by Crippen LogP contribution is 2.09. The number of Topliss-reactive ketones (excluding diaryl/α,β-unsaturated/α-hetero) is 1. The van der Waals surface area contributed by atoms with Gasteiger partial charge in [-0.2, -0.15) is 0 Å². The molecule has 0 radical (unpaired) electrons. The van der Waals surface area contributed by atoms with E-state index >= 15 is 0 Å². The minimum absolute atomic E-state index is 0.0294. The summed E-state index contributed by atoms with van der Waals surface area (Å²) in [6.45, 7) is 4.19. The zero-order chi connectivity index (χ0) is 14.4. The van der Waals surface area contributed by atoms with E-state index in [1.54, 1.807) is 12.1 Å². The summed E-state index contributed by atoms with van der Waals surface area (Å²) in [5.74, 6) is -0.0464. The number of rotatable bonds is 5. The van der Waals surface area contributed by atoms with Crippen LogP contribution in [0.25, 0.3) is 0 Å². The molecule has 1 N–H and O–H groups in total. The topological polar surface area (TPSA) is 58.6 Å². The molecule has 1 aliphatic rings. The standard InChI is InChI=1S/C15H20N2O3/c1-2-16-15(19)13-11-20-9-8-17(13)10-14(18)12-6-4-3-5-7-12/h3-7,13H,2,8-11H2,1H3,(H,16,19). The zero-order valence-electron chi connectivity index (χ0n) is 11.7. The Kier molecular flexibility index (Phi) is 5.26. The number of morpholine rings is 1. The first-order valence-electron chi connectivity index (χ1n) is 6.90. The molecule has 1 heterocycles. The molecular weight excluding hydrogens is 256 g/mol. The van der Waals surface area contributed by atoms with Crippen molar-refractivity contribution in [3.05, 3.63) is 35.9 Å². The molecule has 1 amide bonds. The maximum atomic E-state index is 12.2. The van der Waals surface area contributed by atoms with Gasteiger partial charge in [0.2, 0.25) is 5.91 Å². The van der Waals surface area contributed by atoms with Gasteiger partial charge in [0.1, 0.15) is 6.04 Å². The lowest BCUT2D eigenvalue weighted by Crippen LogP contribution is -2.55. The van der Waals surface area contributed by atoms with Crippen LogP contribution < -0.4 is 5.32 Å². The molecule has 0 saturated carbocycles. The Bertz CT molecular complexity index is 461. The third kappa shape index (κ3) is 3.65. The lowest BCUT2D eigenvalue weighted by Gasteiger charge is -2.33. The summed E-state index contributed by atoms with van der Waals surface area (Å²) in [5, 5.41) is 2.79. The van der Waals surface area contributed by atoms with Crippen LogP contribution in [-0.4, -0.2) is 55.5 Å². The van der Waals surface area contributed by atoms with Crippen molar-refractivity contribution in [3.8, 4) is 0 Å². The Morgan fingerprint density at radius 1 is 1.35 bits per heavy atom. The Labute approximate surface area is 118 Å². The number of ether oxygens (including phenoxy) is 1. The second-order valence-corrected chi connectivity index (χ2v) is 4.74. The second kappa shape index (κ2) is 7.17. The van der Waals surface area contributed by atoms with Crippen molar-refractivity contribution in [2.24, 2.45) is 0 Å². The molecule has 2 rings (SSSR count). The molecule has 1 fully saturated rings. The van der Waals surface area contributed by atoms with Crippen LogP contribution >= 0.6 is 0 Å². The van der Waals surface area contributed by atoms with Gasteiger partial charge in [0.25, 0.3) is 0 Å². The first-order chi connectivity index (χ1) is 9.72. The molecule has 1 saturated heterocycles. The van der Waals surface area contributed by atoms with E-state index in [0.717, 1.165) is 0 Å². The molecule has 108 valence electrons. The van der Waals surface area contributed by atoms with Gasteiger partial charge >= 0.3 is 0 Å². The van der Waals surface area contributed by atoms with Crippen LogP contribution in [0.1, 0.15) is 17.3 Å². The number of hydrogen-bond acceptors (Lipinski definition) is 4. The van der Waals surface area contributed by atoms with Crippen LogP contribution in [0.5, 0.6) is 0 Å². The fourth-order valence-electron chi connectivity index (χ4n) is 2.26. The van der Waals surface area contributed by atoms with Gasteiger partial charge < -0.3 is 10.1 Å². The van der Waals surface area contributed by atoms with Gasteiger partial charge in [-0.15, -0.1) is 0 Å². The minimum atomic E-state index is -0.378. The predicted octanol–water partition coefficient (Wildman–Crippen LogP) is 0.706. The van der Waals surface area contributed by atoms with Crippen molar-refractivity contribution < 1.29 is 14.3 Å². The summed E-state index contributed by atoms with van der Waals surface area (Å²) >= 11 is 0. The summed E-state index contributed by atoms with van der Waals surface area (Å²) < 4.78 is 5.35. The van der Waals surface area contributed by atoms with E-state index in [9.17, 15) is 9.59 Å². The average Bonchev–Trinajstić information content (AvgIpc) is 2.49. The number of likely N-dealkylation sites (N-methyl/N-ethyl adjacent to an activating group) is 1. The van der Waals surface area contributed by atoms with Crippen LogP contribution in [-0.2, 0) is 9.53 Å². The maximum Gasteiger partial charge on any atom is 0.239 e. The number of amides is 1. The highest BCUT2D eigenvalue weighted by Gasteiger charge is 2.30. The van der Waals surface area contributed by atoms with E-state index in [4.69, 9.17) is 4.74 Å². The molecule has 0 aromatic heterocycles. The summed E-state index contributed by atoms with van der Waals surface area (Å²) in [6.07, 6.45) is 0. The van der Waals surface area contributed by atoms with Crippen molar-refractivity contribution in [1.82, 2.24) is 10.2 Å². The largest absolute Gasteiger partial charge is 0.378 e. The van der Waals surface area contributed by atoms with Gasteiger partial charge in [-0.3, -0.25) is 14.5 Å². The van der Waals surface area contributed by atoms with Gasteiger partial charge in [0.05, 0.1) is 19.8 Å². The first kappa shape index (κ1) is 14.7. The summed E-state index contributed by atoms with van der Waals surface area (Å²) in [5.41, 5.74) is 0.675. The highest BCUT2D eigenvalue weighted by atomic mass is 16.5. The number of ketones is 1. The van der Waals surface area contributed by atoms with Gasteiger partial charge in [-0.25, -0.2) is 0 Å². The van der Waals surface area contributed by atoms with E-state index in [-0.39, 0.29) is 24.3 Å². The highest BCUT2D eigenvalue weighted by molar-refractivity contribution is 5.98. The third-order valence-corrected chi connectivity index (χ3v) is 3.34. The Balaban J connectivity index is 2.02. The van der Waals surface area contributed by atoms with Crippen LogP contribution in [0.15, 0.2) is 30.3 Å². The number of nitrogens with one attached hydrogen (secondary N) is 1. The van der Waals surface area contributed by atoms with Crippen LogP contribution in [0.2, 0.25) is 0 Å². The van der Waals surface area contributed by atoms with Gasteiger partial charge in [-0.1, -0.05) is 30.3 Å². The van der Waals surface area contributed by atoms with Crippen LogP contribution in [0.4, 0.5) is 0 Å². The number of hydrogen-bond donors (Lipinski definition) is 1. The molecule has 1 aliphatic heterocycles. The van der Waals surface area contributed by atoms with E-state index < -0.39 is 0 Å². The van der Waals surface area contributed by atoms with Gasteiger partial charge in [0.15, 0.2) is 5.78 Å². The van der Waals surface area contributed by atoms with Crippen molar-refractivity contribution in [3.63, 3.8) is 0 Å². The fourth-order valence-corrected chi connectivity index (χ4v) is 2.26. The molecule has 0 bridgehead atoms. The predicted molar refractivity (Wildman–Crippen MR) is 75.6 cm³/mol. The van der Waals surface area contributed by atoms with Crippen molar-refractivity contribution >= 4 is 11.7 Å². The summed E-state index contributed by atoms with van der Waals surface area (Å²) in [4.78, 5) is 26.1. The van der Waals surface area contributed by atoms with Crippen LogP contribution in [0.3, 0.4) is 0 Å². The SMILES string of the molecule is CCNC(=O)C1COCCN1CC(=O)c1ccccc1. The Morgan fingerprint density at radius 2 is 2.10 bits per heavy atom. The molecule has 1 unspecified atom stereocenters. The smallest absolute Gasteiger partial charge is 0.239 e. The number of benzene rings is 1. The van der Waals surface area contributed by atoms with Crippen molar-refractivity contribution in [2.45, 2.75) is 13.0 Å². The molecule has 1 aromatic rings. The number of carbonyl (C=O) groups is 2. The quantitative estimate of drug-likeness (QED) is 0.805. The maximum absolute atomic E-state index is 12.2. The van der Waals surface area contributed by atoms with Crippen LogP contribution in [0, 0.1) is 0 Å². The Hall–Kier alpha value is -1.72. The molecule has 0 spiro atoms. The summed E-state index contributed by atoms with van der Waals surface area (Å²) in [6, 6.07) is 8.77. The molecule has 5 nitrogen and oxygen atoms in total. The molecule has 5 heteroatoms. The number of carbonyl (C=O) groups excluding carboxylic acids is 2. The monoisotopic (exact) mass is 276 g/mol. The fraction of sp³-hybridized carbons (Fsp3) is 0.467. The molecule has 0 aliphatic carbocycles. The first-order valence-corrected chi connectivity index (χ1v) is 6.90. The average molecular weight is 276 g/mol. The molecular formula is C15H20N2O3. The second-order valence-electron chi connectivity index (χ2n) is 4.74. The van der Waals surface area contributed by atoms with Gasteiger partial charge in [-0.05, 0) is 6.92 Å². The summed E-state index contributed by atoms with van der Waals surface area (Å²) in [7, 11) is 0. The lowest BCUT2D eigenvalue weighted by atomic mass is 10.1. The molecule has 20 heavy (non-hydrogen) atoms. The molecule has 1 atom stereocenters. The Morgan fingerprint density at radius 3 is 2.80 bits per heavy atom. The molecule has 1 aromatic carbocycles. The minimum Gasteiger partial charge on any atom is -0.378 e. The zero-order valence-corrected chi connectivity index (χ0v) is 11.7. The lowest BCUT2D eigenvalue weighted by molar-refractivity contribution is -0.131. The van der Waals surface area contributed by atoms with E-state index in [1.807, 2.05) is 30.0 Å². The normalized spacial score (nSPS) is 19.6. The third-order valence-electron chi connectivity index (χ3n) is 3.34. The van der Waals surface area contributed by atoms with Crippen molar-refractivity contribution in [1.29, 1.82) is 0 Å². The van der Waals surface area contributed by atoms with Crippen molar-refractivity contribution in [2.75, 3.05) is 32.8 Å². The van der Waals surface area contributed by atoms with Gasteiger partial charge in [0, 0.05) is 18.7 Å².